The predicted octanol–water partition coefficient (Wildman–Crippen LogP) is 4.56. The number of rotatable bonds is 4. The molecule has 0 saturated heterocycles. The van der Waals surface area contributed by atoms with Crippen LogP contribution in [0.3, 0.4) is 0 Å². The summed E-state index contributed by atoms with van der Waals surface area (Å²) in [6.45, 7) is 0. The Labute approximate surface area is 133 Å². The highest BCUT2D eigenvalue weighted by molar-refractivity contribution is 8.00. The van der Waals surface area contributed by atoms with Crippen molar-refractivity contribution >= 4 is 35.0 Å². The average Bonchev–Trinajstić information content (AvgIpc) is 2.94. The first-order valence-electron chi connectivity index (χ1n) is 7.01. The van der Waals surface area contributed by atoms with Crippen LogP contribution < -0.4 is 5.32 Å². The van der Waals surface area contributed by atoms with Gasteiger partial charge in [-0.05, 0) is 54.7 Å². The van der Waals surface area contributed by atoms with Crippen LogP contribution in [0.15, 0.2) is 47.4 Å². The van der Waals surface area contributed by atoms with Gasteiger partial charge in [-0.2, -0.15) is 0 Å². The quantitative estimate of drug-likeness (QED) is 0.838. The van der Waals surface area contributed by atoms with Crippen LogP contribution in [0, 0.1) is 0 Å². The number of carbonyl (C=O) groups excluding carboxylic acids is 1. The van der Waals surface area contributed by atoms with Gasteiger partial charge < -0.3 is 5.32 Å². The van der Waals surface area contributed by atoms with E-state index in [1.807, 2.05) is 30.3 Å². The van der Waals surface area contributed by atoms with Crippen LogP contribution in [0.2, 0.25) is 5.02 Å². The second-order valence-electron chi connectivity index (χ2n) is 5.10. The van der Waals surface area contributed by atoms with Gasteiger partial charge in [-0.25, -0.2) is 0 Å². The fraction of sp³-hybridized carbons (Fsp3) is 0.235. The molecule has 108 valence electrons. The highest BCUT2D eigenvalue weighted by atomic mass is 35.5. The van der Waals surface area contributed by atoms with Crippen LogP contribution in [0.4, 0.5) is 5.69 Å². The normalized spacial score (nSPS) is 13.0. The SMILES string of the molecule is O=C(CSc1ccccc1Cl)Nc1ccc2c(c1)CCC2. The molecule has 0 bridgehead atoms. The Kier molecular flexibility index (Phi) is 4.51. The first-order chi connectivity index (χ1) is 10.2. The summed E-state index contributed by atoms with van der Waals surface area (Å²) >= 11 is 7.54. The van der Waals surface area contributed by atoms with Crippen molar-refractivity contribution in [3.8, 4) is 0 Å². The molecule has 1 amide bonds. The lowest BCUT2D eigenvalue weighted by molar-refractivity contribution is -0.113. The third kappa shape index (κ3) is 3.60. The molecule has 0 spiro atoms. The Morgan fingerprint density at radius 3 is 2.81 bits per heavy atom. The van der Waals surface area contributed by atoms with Crippen LogP contribution >= 0.6 is 23.4 Å². The lowest BCUT2D eigenvalue weighted by Crippen LogP contribution is -2.14. The summed E-state index contributed by atoms with van der Waals surface area (Å²) in [5, 5.41) is 3.65. The van der Waals surface area contributed by atoms with Crippen LogP contribution in [0.1, 0.15) is 17.5 Å². The summed E-state index contributed by atoms with van der Waals surface area (Å²) in [5.74, 6) is 0.360. The molecule has 1 N–H and O–H groups in total. The topological polar surface area (TPSA) is 29.1 Å². The molecular weight excluding hydrogens is 302 g/mol. The molecule has 1 aliphatic rings. The Balaban J connectivity index is 1.58. The molecule has 0 radical (unpaired) electrons. The van der Waals surface area contributed by atoms with Crippen LogP contribution in [0.25, 0.3) is 0 Å². The summed E-state index contributed by atoms with van der Waals surface area (Å²) in [7, 11) is 0. The van der Waals surface area contributed by atoms with Crippen molar-refractivity contribution in [2.75, 3.05) is 11.1 Å². The van der Waals surface area contributed by atoms with Gasteiger partial charge in [-0.15, -0.1) is 11.8 Å². The van der Waals surface area contributed by atoms with Gasteiger partial charge in [0.05, 0.1) is 10.8 Å². The van der Waals surface area contributed by atoms with Crippen molar-refractivity contribution < 1.29 is 4.79 Å². The van der Waals surface area contributed by atoms with E-state index in [9.17, 15) is 4.79 Å². The summed E-state index contributed by atoms with van der Waals surface area (Å²) in [5.41, 5.74) is 3.67. The number of thioether (sulfide) groups is 1. The maximum Gasteiger partial charge on any atom is 0.234 e. The van der Waals surface area contributed by atoms with E-state index in [-0.39, 0.29) is 5.91 Å². The molecule has 0 aromatic heterocycles. The molecule has 0 unspecified atom stereocenters. The van der Waals surface area contributed by atoms with E-state index in [0.29, 0.717) is 10.8 Å². The van der Waals surface area contributed by atoms with Crippen molar-refractivity contribution in [2.45, 2.75) is 24.2 Å². The van der Waals surface area contributed by atoms with Crippen molar-refractivity contribution in [2.24, 2.45) is 0 Å². The lowest BCUT2D eigenvalue weighted by atomic mass is 10.1. The maximum atomic E-state index is 12.0. The van der Waals surface area contributed by atoms with Gasteiger partial charge in [0.2, 0.25) is 5.91 Å². The minimum Gasteiger partial charge on any atom is -0.325 e. The molecule has 0 heterocycles. The monoisotopic (exact) mass is 317 g/mol. The number of fused-ring (bicyclic) bond motifs is 1. The molecule has 0 aliphatic heterocycles. The first-order valence-corrected chi connectivity index (χ1v) is 8.38. The highest BCUT2D eigenvalue weighted by Crippen LogP contribution is 2.27. The van der Waals surface area contributed by atoms with Crippen molar-refractivity contribution in [3.05, 3.63) is 58.6 Å². The minimum atomic E-state index is -0.00198. The zero-order chi connectivity index (χ0) is 14.7. The number of benzene rings is 2. The molecule has 0 fully saturated rings. The second-order valence-corrected chi connectivity index (χ2v) is 6.53. The number of anilines is 1. The van der Waals surface area contributed by atoms with Gasteiger partial charge in [0.15, 0.2) is 0 Å². The molecule has 4 heteroatoms. The predicted molar refractivity (Wildman–Crippen MR) is 89.3 cm³/mol. The lowest BCUT2D eigenvalue weighted by Gasteiger charge is -2.08. The number of nitrogens with one attached hydrogen (secondary N) is 1. The molecule has 1 aliphatic carbocycles. The smallest absolute Gasteiger partial charge is 0.234 e. The van der Waals surface area contributed by atoms with Crippen LogP contribution in [-0.2, 0) is 17.6 Å². The van der Waals surface area contributed by atoms with E-state index >= 15 is 0 Å². The zero-order valence-corrected chi connectivity index (χ0v) is 13.1. The number of carbonyl (C=O) groups is 1. The van der Waals surface area contributed by atoms with E-state index < -0.39 is 0 Å². The van der Waals surface area contributed by atoms with Crippen molar-refractivity contribution in [1.29, 1.82) is 0 Å². The van der Waals surface area contributed by atoms with Gasteiger partial charge in [0.25, 0.3) is 0 Å². The Morgan fingerprint density at radius 2 is 1.95 bits per heavy atom. The highest BCUT2D eigenvalue weighted by Gasteiger charge is 2.12. The first kappa shape index (κ1) is 14.5. The van der Waals surface area contributed by atoms with E-state index in [0.717, 1.165) is 23.4 Å². The standard InChI is InChI=1S/C17H16ClNOS/c18-15-6-1-2-7-16(15)21-11-17(20)19-14-9-8-12-4-3-5-13(12)10-14/h1-2,6-10H,3-5,11H2,(H,19,20). The van der Waals surface area contributed by atoms with Gasteiger partial charge >= 0.3 is 0 Å². The van der Waals surface area contributed by atoms with Crippen molar-refractivity contribution in [3.63, 3.8) is 0 Å². The van der Waals surface area contributed by atoms with Crippen LogP contribution in [0.5, 0.6) is 0 Å². The second kappa shape index (κ2) is 6.54. The summed E-state index contributed by atoms with van der Waals surface area (Å²) in [6.07, 6.45) is 3.49. The largest absolute Gasteiger partial charge is 0.325 e. The Hall–Kier alpha value is -1.45. The van der Waals surface area contributed by atoms with E-state index in [1.54, 1.807) is 0 Å². The van der Waals surface area contributed by atoms with E-state index in [4.69, 9.17) is 11.6 Å². The third-order valence-corrected chi connectivity index (χ3v) is 5.09. The average molecular weight is 318 g/mol. The molecule has 2 aromatic rings. The molecule has 2 aromatic carbocycles. The summed E-state index contributed by atoms with van der Waals surface area (Å²) in [6, 6.07) is 13.8. The molecule has 2 nitrogen and oxygen atoms in total. The summed E-state index contributed by atoms with van der Waals surface area (Å²) in [4.78, 5) is 13.0. The van der Waals surface area contributed by atoms with Gasteiger partial charge in [-0.1, -0.05) is 29.8 Å². The number of hydrogen-bond donors (Lipinski definition) is 1. The Morgan fingerprint density at radius 1 is 1.14 bits per heavy atom. The fourth-order valence-corrected chi connectivity index (χ4v) is 3.59. The van der Waals surface area contributed by atoms with Gasteiger partial charge in [0, 0.05) is 10.6 Å². The van der Waals surface area contributed by atoms with Crippen molar-refractivity contribution in [1.82, 2.24) is 0 Å². The maximum absolute atomic E-state index is 12.0. The molecule has 3 rings (SSSR count). The minimum absolute atomic E-state index is 0.00198. The number of aryl methyl sites for hydroxylation is 2. The van der Waals surface area contributed by atoms with E-state index in [2.05, 4.69) is 17.4 Å². The summed E-state index contributed by atoms with van der Waals surface area (Å²) < 4.78 is 0. The molecule has 0 saturated carbocycles. The van der Waals surface area contributed by atoms with Gasteiger partial charge in [-0.3, -0.25) is 4.79 Å². The molecular formula is C17H16ClNOS. The number of hydrogen-bond acceptors (Lipinski definition) is 2. The number of amides is 1. The Bertz CT molecular complexity index is 672. The fourth-order valence-electron chi connectivity index (χ4n) is 2.55. The van der Waals surface area contributed by atoms with Crippen LogP contribution in [-0.4, -0.2) is 11.7 Å². The third-order valence-electron chi connectivity index (χ3n) is 3.58. The van der Waals surface area contributed by atoms with E-state index in [1.165, 1.54) is 29.3 Å². The molecule has 21 heavy (non-hydrogen) atoms. The molecule has 0 atom stereocenters. The van der Waals surface area contributed by atoms with Gasteiger partial charge in [0.1, 0.15) is 0 Å². The zero-order valence-electron chi connectivity index (χ0n) is 11.6. The number of halogens is 1.